The van der Waals surface area contributed by atoms with E-state index < -0.39 is 0 Å². The fraction of sp³-hybridized carbons (Fsp3) is 0.256. The van der Waals surface area contributed by atoms with Crippen molar-refractivity contribution >= 4 is 108 Å². The Balaban J connectivity index is 1.08. The minimum absolute atomic E-state index is 0.0796. The molecule has 1 aliphatic rings. The quantitative estimate of drug-likeness (QED) is 0.119. The van der Waals surface area contributed by atoms with Gasteiger partial charge in [0.2, 0.25) is 0 Å². The minimum Gasteiger partial charge on any atom is -0.0617 e. The summed E-state index contributed by atoms with van der Waals surface area (Å²) in [5.74, 6) is 0.837. The van der Waals surface area contributed by atoms with Crippen LogP contribution in [0, 0.1) is 0 Å². The van der Waals surface area contributed by atoms with Crippen molar-refractivity contribution in [3.63, 3.8) is 0 Å². The van der Waals surface area contributed by atoms with E-state index in [1.165, 1.54) is 197 Å². The van der Waals surface area contributed by atoms with Crippen molar-refractivity contribution in [1.29, 1.82) is 0 Å². The summed E-state index contributed by atoms with van der Waals surface area (Å²) in [6, 6.07) is 68.6. The summed E-state index contributed by atoms with van der Waals surface area (Å²) in [5, 5.41) is 26.8. The lowest BCUT2D eigenvalue weighted by atomic mass is 9.76. The zero-order chi connectivity index (χ0) is 59.7. The predicted molar refractivity (Wildman–Crippen MR) is 379 cm³/mol. The molecule has 0 aromatic heterocycles. The van der Waals surface area contributed by atoms with Crippen LogP contribution in [0.25, 0.3) is 163 Å². The van der Waals surface area contributed by atoms with Crippen LogP contribution in [0.15, 0.2) is 170 Å². The first-order valence-corrected chi connectivity index (χ1v) is 31.9. The highest BCUT2D eigenvalue weighted by Gasteiger charge is 2.33. The van der Waals surface area contributed by atoms with E-state index in [2.05, 4.69) is 281 Å². The molecule has 0 fully saturated rings. The average molecular weight is 1110 g/mol. The van der Waals surface area contributed by atoms with Gasteiger partial charge in [0.05, 0.1) is 0 Å². The molecule has 0 amide bonds. The molecule has 0 aliphatic heterocycles. The second-order valence-corrected chi connectivity index (χ2v) is 30.8. The van der Waals surface area contributed by atoms with Gasteiger partial charge in [-0.2, -0.15) is 0 Å². The molecule has 0 spiro atoms. The van der Waals surface area contributed by atoms with E-state index in [0.29, 0.717) is 11.8 Å². The molecule has 0 nitrogen and oxygen atoms in total. The molecule has 16 rings (SSSR count). The van der Waals surface area contributed by atoms with E-state index in [9.17, 15) is 0 Å². The summed E-state index contributed by atoms with van der Waals surface area (Å²) < 4.78 is 0. The van der Waals surface area contributed by atoms with E-state index in [0.717, 1.165) is 0 Å². The van der Waals surface area contributed by atoms with E-state index >= 15 is 0 Å². The van der Waals surface area contributed by atoms with E-state index in [1.807, 2.05) is 0 Å². The summed E-state index contributed by atoms with van der Waals surface area (Å²) in [6.45, 7) is 38.0. The van der Waals surface area contributed by atoms with Gasteiger partial charge < -0.3 is 0 Å². The molecule has 0 saturated heterocycles. The van der Waals surface area contributed by atoms with Gasteiger partial charge in [-0.1, -0.05) is 262 Å². The monoisotopic (exact) mass is 1110 g/mol. The largest absolute Gasteiger partial charge is 0.0617 e. The predicted octanol–water partition coefficient (Wildman–Crippen LogP) is 25.6. The third-order valence-electron chi connectivity index (χ3n) is 20.5. The van der Waals surface area contributed by atoms with E-state index in [-0.39, 0.29) is 21.7 Å². The Kier molecular flexibility index (Phi) is 10.9. The Hall–Kier alpha value is -8.32. The SMILES string of the molecule is CC(C)c1cccc(C(C)C)c1-c1ccc2c(c1)-c1ccc3c4ccc5c6c(-c7cc(C(C)(C)C)cc(C(C)(C)C)c7)c7cc8c(cc7c(-c7cc(C(C)(C)C)cc(C(C)(C)C)c7)c6c6ccc(c7ccc-2c1c73)c4c65)c1cccc2cccc8c21. The van der Waals surface area contributed by atoms with Gasteiger partial charge in [0.1, 0.15) is 0 Å². The van der Waals surface area contributed by atoms with Gasteiger partial charge in [-0.25, -0.2) is 0 Å². The second kappa shape index (κ2) is 17.7. The highest BCUT2D eigenvalue weighted by Crippen LogP contribution is 2.59. The van der Waals surface area contributed by atoms with Crippen LogP contribution < -0.4 is 0 Å². The van der Waals surface area contributed by atoms with Crippen molar-refractivity contribution in [3.05, 3.63) is 203 Å². The van der Waals surface area contributed by atoms with Gasteiger partial charge in [0.15, 0.2) is 0 Å². The van der Waals surface area contributed by atoms with Crippen molar-refractivity contribution in [2.24, 2.45) is 0 Å². The van der Waals surface area contributed by atoms with Crippen LogP contribution in [-0.4, -0.2) is 0 Å². The third kappa shape index (κ3) is 7.41. The maximum absolute atomic E-state index is 2.63. The Morgan fingerprint density at radius 2 is 0.593 bits per heavy atom. The lowest BCUT2D eigenvalue weighted by Crippen LogP contribution is -2.16. The standard InChI is InChI=1S/C86H78/c1-45(2)55-22-19-23-56(46(3)4)74(55)48-26-27-57-60-28-29-61-63-32-34-66-80-67(35-33-64(79(63)80)62-30-31-65(68(57)40-48)77(60)78(61)62)82-76(50-38-53(85(11,12)13)42-54(39-50)86(14,15)16)72-44-70-59-25-18-21-47-20-17-24-58(73(47)59)69(70)43-71(72)75(81(66)82)49-36-51(83(5,6)7)41-52(37-49)84(8,9)10/h17-46H,1-16H3. The second-order valence-electron chi connectivity index (χ2n) is 30.8. The average Bonchev–Trinajstić information content (AvgIpc) is 1.51. The number of rotatable bonds is 5. The normalized spacial score (nSPS) is 13.6. The van der Waals surface area contributed by atoms with Gasteiger partial charge in [0, 0.05) is 0 Å². The fourth-order valence-electron chi connectivity index (χ4n) is 16.0. The molecule has 0 radical (unpaired) electrons. The molecule has 0 saturated carbocycles. The smallest absolute Gasteiger partial charge is 0.000740 e. The van der Waals surface area contributed by atoms with Crippen LogP contribution >= 0.6 is 0 Å². The van der Waals surface area contributed by atoms with Crippen molar-refractivity contribution in [2.75, 3.05) is 0 Å². The van der Waals surface area contributed by atoms with Crippen LogP contribution in [0.3, 0.4) is 0 Å². The van der Waals surface area contributed by atoms with E-state index in [4.69, 9.17) is 0 Å². The minimum atomic E-state index is -0.0796. The molecular weight excluding hydrogens is 1030 g/mol. The van der Waals surface area contributed by atoms with Crippen LogP contribution in [0.1, 0.15) is 156 Å². The Bertz CT molecular complexity index is 5090. The van der Waals surface area contributed by atoms with Crippen molar-refractivity contribution in [1.82, 2.24) is 0 Å². The molecule has 0 heterocycles. The maximum Gasteiger partial charge on any atom is -0.000740 e. The lowest BCUT2D eigenvalue weighted by molar-refractivity contribution is 0.568. The molecular formula is C86H78. The lowest BCUT2D eigenvalue weighted by Gasteiger charge is -2.28. The molecule has 86 heavy (non-hydrogen) atoms. The van der Waals surface area contributed by atoms with Crippen LogP contribution in [0.5, 0.6) is 0 Å². The van der Waals surface area contributed by atoms with Crippen LogP contribution in [0.2, 0.25) is 0 Å². The first-order valence-electron chi connectivity index (χ1n) is 31.9. The van der Waals surface area contributed by atoms with E-state index in [1.54, 1.807) is 0 Å². The molecule has 0 bridgehead atoms. The first kappa shape index (κ1) is 53.2. The Labute approximate surface area is 507 Å². The molecule has 0 unspecified atom stereocenters. The number of benzene rings is 13. The summed E-state index contributed by atoms with van der Waals surface area (Å²) in [5.41, 5.74) is 21.4. The topological polar surface area (TPSA) is 0 Å². The molecule has 0 heteroatoms. The van der Waals surface area contributed by atoms with Gasteiger partial charge in [0.25, 0.3) is 0 Å². The number of hydrogen-bond acceptors (Lipinski definition) is 0. The van der Waals surface area contributed by atoms with Crippen molar-refractivity contribution in [3.8, 4) is 55.6 Å². The van der Waals surface area contributed by atoms with Crippen LogP contribution in [0.4, 0.5) is 0 Å². The highest BCUT2D eigenvalue weighted by atomic mass is 14.4. The van der Waals surface area contributed by atoms with Crippen LogP contribution in [-0.2, 0) is 21.7 Å². The zero-order valence-corrected chi connectivity index (χ0v) is 53.3. The maximum atomic E-state index is 2.63. The van der Waals surface area contributed by atoms with Crippen molar-refractivity contribution in [2.45, 2.75) is 144 Å². The molecule has 422 valence electrons. The third-order valence-corrected chi connectivity index (χ3v) is 20.5. The molecule has 0 N–H and O–H groups in total. The zero-order valence-electron chi connectivity index (χ0n) is 53.3. The Morgan fingerprint density at radius 3 is 1.02 bits per heavy atom. The summed E-state index contributed by atoms with van der Waals surface area (Å²) in [7, 11) is 0. The number of hydrogen-bond donors (Lipinski definition) is 0. The van der Waals surface area contributed by atoms with Crippen molar-refractivity contribution < 1.29 is 0 Å². The van der Waals surface area contributed by atoms with Gasteiger partial charge in [-0.3, -0.25) is 0 Å². The van der Waals surface area contributed by atoms with Gasteiger partial charge >= 0.3 is 0 Å². The molecule has 0 atom stereocenters. The molecule has 1 aliphatic carbocycles. The summed E-state index contributed by atoms with van der Waals surface area (Å²) >= 11 is 0. The highest BCUT2D eigenvalue weighted by molar-refractivity contribution is 6.47. The molecule has 15 aromatic rings. The summed E-state index contributed by atoms with van der Waals surface area (Å²) in [4.78, 5) is 0. The fourth-order valence-corrected chi connectivity index (χ4v) is 16.0. The van der Waals surface area contributed by atoms with Gasteiger partial charge in [-0.15, -0.1) is 0 Å². The summed E-state index contributed by atoms with van der Waals surface area (Å²) in [6.07, 6.45) is 0. The molecule has 15 aromatic carbocycles. The number of fused-ring (bicyclic) bond motifs is 12. The first-order chi connectivity index (χ1) is 40.8. The van der Waals surface area contributed by atoms with Gasteiger partial charge in [-0.05, 0) is 248 Å². The Morgan fingerprint density at radius 1 is 0.233 bits per heavy atom.